The van der Waals surface area contributed by atoms with Gasteiger partial charge in [0.15, 0.2) is 0 Å². The van der Waals surface area contributed by atoms with Crippen LogP contribution >= 0.6 is 0 Å². The van der Waals surface area contributed by atoms with Gasteiger partial charge >= 0.3 is 12.2 Å². The van der Waals surface area contributed by atoms with Gasteiger partial charge in [0.1, 0.15) is 0 Å². The zero-order valence-electron chi connectivity index (χ0n) is 14.1. The quantitative estimate of drug-likeness (QED) is 0.628. The van der Waals surface area contributed by atoms with E-state index in [1.54, 1.807) is 14.1 Å². The van der Waals surface area contributed by atoms with Crippen molar-refractivity contribution in [3.8, 4) is 0 Å². The summed E-state index contributed by atoms with van der Waals surface area (Å²) in [5.41, 5.74) is -0.956. The standard InChI is InChI=1S/C14H21F3N4O3S/c1-21(2)10-5-6-12(11(9-10)14(15,16)17)20-13(22)18-7-4-8-19-25(3,23)24/h5-6,9,19H,4,7-8H2,1-3H3,(H2,18,20,22). The summed E-state index contributed by atoms with van der Waals surface area (Å²) in [6, 6.07) is 2.79. The van der Waals surface area contributed by atoms with E-state index in [-0.39, 0.29) is 18.8 Å². The summed E-state index contributed by atoms with van der Waals surface area (Å²) in [6.45, 7) is 0.218. The fourth-order valence-electron chi connectivity index (χ4n) is 1.87. The predicted octanol–water partition coefficient (Wildman–Crippen LogP) is 1.83. The average molecular weight is 382 g/mol. The van der Waals surface area contributed by atoms with Crippen LogP contribution in [0.1, 0.15) is 12.0 Å². The van der Waals surface area contributed by atoms with Gasteiger partial charge in [-0.3, -0.25) is 0 Å². The first-order valence-electron chi connectivity index (χ1n) is 7.28. The minimum absolute atomic E-state index is 0.103. The number of amides is 2. The molecule has 3 N–H and O–H groups in total. The van der Waals surface area contributed by atoms with Crippen molar-refractivity contribution in [1.29, 1.82) is 0 Å². The van der Waals surface area contributed by atoms with Crippen molar-refractivity contribution in [3.63, 3.8) is 0 Å². The molecule has 25 heavy (non-hydrogen) atoms. The Bertz CT molecular complexity index is 706. The summed E-state index contributed by atoms with van der Waals surface area (Å²) in [4.78, 5) is 13.3. The number of nitrogens with one attached hydrogen (secondary N) is 3. The smallest absolute Gasteiger partial charge is 0.378 e. The van der Waals surface area contributed by atoms with E-state index in [2.05, 4.69) is 15.4 Å². The third-order valence-electron chi connectivity index (χ3n) is 3.08. The number of nitrogens with zero attached hydrogens (tertiary/aromatic N) is 1. The van der Waals surface area contributed by atoms with Gasteiger partial charge in [0.25, 0.3) is 0 Å². The lowest BCUT2D eigenvalue weighted by Gasteiger charge is -2.19. The second kappa shape index (κ2) is 8.39. The number of urea groups is 1. The number of rotatable bonds is 7. The Morgan fingerprint density at radius 2 is 1.84 bits per heavy atom. The van der Waals surface area contributed by atoms with Crippen LogP contribution in [0.4, 0.5) is 29.3 Å². The van der Waals surface area contributed by atoms with Gasteiger partial charge < -0.3 is 15.5 Å². The van der Waals surface area contributed by atoms with Gasteiger partial charge in [-0.2, -0.15) is 13.2 Å². The molecule has 0 aliphatic carbocycles. The van der Waals surface area contributed by atoms with Crippen LogP contribution in [0, 0.1) is 0 Å². The first-order chi connectivity index (χ1) is 11.4. The molecule has 0 fully saturated rings. The molecule has 0 spiro atoms. The maximum absolute atomic E-state index is 13.2. The Kier molecular flexibility index (Phi) is 7.06. The molecule has 142 valence electrons. The summed E-state index contributed by atoms with van der Waals surface area (Å²) in [5.74, 6) is 0. The van der Waals surface area contributed by atoms with Crippen molar-refractivity contribution >= 4 is 27.4 Å². The summed E-state index contributed by atoms with van der Waals surface area (Å²) < 4.78 is 63.4. The van der Waals surface area contributed by atoms with E-state index in [0.29, 0.717) is 12.1 Å². The lowest BCUT2D eigenvalue weighted by molar-refractivity contribution is -0.136. The molecule has 0 aliphatic heterocycles. The van der Waals surface area contributed by atoms with Crippen molar-refractivity contribution in [2.45, 2.75) is 12.6 Å². The van der Waals surface area contributed by atoms with Gasteiger partial charge in [-0.25, -0.2) is 17.9 Å². The molecule has 0 bridgehead atoms. The van der Waals surface area contributed by atoms with Crippen molar-refractivity contribution < 1.29 is 26.4 Å². The zero-order valence-corrected chi connectivity index (χ0v) is 14.9. The molecule has 1 rings (SSSR count). The highest BCUT2D eigenvalue weighted by molar-refractivity contribution is 7.88. The normalized spacial score (nSPS) is 11.9. The number of carbonyl (C=O) groups excluding carboxylic acids is 1. The number of carbonyl (C=O) groups is 1. The number of halogens is 3. The molecule has 2 amide bonds. The van der Waals surface area contributed by atoms with Crippen LogP contribution in [0.3, 0.4) is 0 Å². The Labute approximate surface area is 144 Å². The number of anilines is 2. The summed E-state index contributed by atoms with van der Waals surface area (Å²) in [6.07, 6.45) is -3.32. The summed E-state index contributed by atoms with van der Waals surface area (Å²) in [7, 11) is -0.0920. The molecule has 0 heterocycles. The first kappa shape index (κ1) is 21.0. The number of hydrogen-bond donors (Lipinski definition) is 3. The molecule has 0 radical (unpaired) electrons. The van der Waals surface area contributed by atoms with E-state index >= 15 is 0 Å². The number of hydrogen-bond acceptors (Lipinski definition) is 4. The monoisotopic (exact) mass is 382 g/mol. The minimum atomic E-state index is -4.62. The van der Waals surface area contributed by atoms with E-state index in [0.717, 1.165) is 12.3 Å². The van der Waals surface area contributed by atoms with E-state index in [9.17, 15) is 26.4 Å². The number of benzene rings is 1. The van der Waals surface area contributed by atoms with Crippen LogP contribution in [-0.2, 0) is 16.2 Å². The lowest BCUT2D eigenvalue weighted by Crippen LogP contribution is -2.32. The van der Waals surface area contributed by atoms with Gasteiger partial charge in [0.05, 0.1) is 17.5 Å². The molecule has 0 saturated heterocycles. The molecular weight excluding hydrogens is 361 g/mol. The van der Waals surface area contributed by atoms with Gasteiger partial charge in [-0.1, -0.05) is 0 Å². The number of alkyl halides is 3. The Hall–Kier alpha value is -2.01. The molecule has 0 aromatic heterocycles. The van der Waals surface area contributed by atoms with Crippen LogP contribution in [-0.4, -0.2) is 47.9 Å². The van der Waals surface area contributed by atoms with Gasteiger partial charge in [0, 0.05) is 32.9 Å². The van der Waals surface area contributed by atoms with Crippen LogP contribution < -0.4 is 20.3 Å². The molecule has 1 aromatic rings. The predicted molar refractivity (Wildman–Crippen MR) is 90.3 cm³/mol. The van der Waals surface area contributed by atoms with Crippen LogP contribution in [0.2, 0.25) is 0 Å². The lowest BCUT2D eigenvalue weighted by atomic mass is 10.1. The van der Waals surface area contributed by atoms with Crippen molar-refractivity contribution in [1.82, 2.24) is 10.0 Å². The zero-order chi connectivity index (χ0) is 19.3. The molecular formula is C14H21F3N4O3S. The Morgan fingerprint density at radius 1 is 1.20 bits per heavy atom. The van der Waals surface area contributed by atoms with Gasteiger partial charge in [-0.05, 0) is 24.6 Å². The Balaban J connectivity index is 2.67. The first-order valence-corrected chi connectivity index (χ1v) is 9.17. The van der Waals surface area contributed by atoms with Crippen molar-refractivity contribution in [2.24, 2.45) is 0 Å². The summed E-state index contributed by atoms with van der Waals surface area (Å²) >= 11 is 0. The summed E-state index contributed by atoms with van der Waals surface area (Å²) in [5, 5.41) is 4.53. The Morgan fingerprint density at radius 3 is 2.36 bits per heavy atom. The highest BCUT2D eigenvalue weighted by Crippen LogP contribution is 2.37. The molecule has 1 aromatic carbocycles. The van der Waals surface area contributed by atoms with E-state index in [1.807, 2.05) is 0 Å². The minimum Gasteiger partial charge on any atom is -0.378 e. The second-order valence-electron chi connectivity index (χ2n) is 5.52. The van der Waals surface area contributed by atoms with Crippen LogP contribution in [0.25, 0.3) is 0 Å². The van der Waals surface area contributed by atoms with Crippen molar-refractivity contribution in [2.75, 3.05) is 43.7 Å². The molecule has 0 atom stereocenters. The maximum Gasteiger partial charge on any atom is 0.418 e. The average Bonchev–Trinajstić information content (AvgIpc) is 2.44. The highest BCUT2D eigenvalue weighted by atomic mass is 32.2. The molecule has 11 heteroatoms. The van der Waals surface area contributed by atoms with Crippen molar-refractivity contribution in [3.05, 3.63) is 23.8 Å². The SMILES string of the molecule is CN(C)c1ccc(NC(=O)NCCCNS(C)(=O)=O)c(C(F)(F)F)c1. The molecule has 7 nitrogen and oxygen atoms in total. The number of sulfonamides is 1. The largest absolute Gasteiger partial charge is 0.418 e. The highest BCUT2D eigenvalue weighted by Gasteiger charge is 2.34. The molecule has 0 unspecified atom stereocenters. The van der Waals surface area contributed by atoms with Crippen LogP contribution in [0.5, 0.6) is 0 Å². The second-order valence-corrected chi connectivity index (χ2v) is 7.36. The third kappa shape index (κ3) is 7.61. The van der Waals surface area contributed by atoms with E-state index in [1.165, 1.54) is 17.0 Å². The van der Waals surface area contributed by atoms with E-state index in [4.69, 9.17) is 0 Å². The maximum atomic E-state index is 13.2. The fourth-order valence-corrected chi connectivity index (χ4v) is 2.38. The van der Waals surface area contributed by atoms with E-state index < -0.39 is 27.8 Å². The molecule has 0 saturated carbocycles. The van der Waals surface area contributed by atoms with Crippen LogP contribution in [0.15, 0.2) is 18.2 Å². The van der Waals surface area contributed by atoms with Gasteiger partial charge in [0.2, 0.25) is 10.0 Å². The topological polar surface area (TPSA) is 90.5 Å². The van der Waals surface area contributed by atoms with Gasteiger partial charge in [-0.15, -0.1) is 0 Å². The molecule has 0 aliphatic rings. The fraction of sp³-hybridized carbons (Fsp3) is 0.500. The third-order valence-corrected chi connectivity index (χ3v) is 3.81.